The van der Waals surface area contributed by atoms with Crippen molar-refractivity contribution in [3.63, 3.8) is 0 Å². The van der Waals surface area contributed by atoms with Gasteiger partial charge in [-0.15, -0.1) is 0 Å². The summed E-state index contributed by atoms with van der Waals surface area (Å²) in [6, 6.07) is 8.18. The second kappa shape index (κ2) is 20.7. The van der Waals surface area contributed by atoms with E-state index in [1.807, 2.05) is 0 Å². The number of rotatable bonds is 10. The third kappa shape index (κ3) is 14.3. The lowest BCUT2D eigenvalue weighted by Crippen LogP contribution is -2.60. The lowest BCUT2D eigenvalue weighted by molar-refractivity contribution is -0.135. The third-order valence-corrected chi connectivity index (χ3v) is 10.2. The van der Waals surface area contributed by atoms with Crippen molar-refractivity contribution in [3.05, 3.63) is 65.7 Å². The number of aromatic hydroxyl groups is 1. The van der Waals surface area contributed by atoms with Crippen LogP contribution in [-0.4, -0.2) is 94.0 Å². The number of amides is 7. The molecule has 280 valence electrons. The fraction of sp³-hybridized carbons (Fsp3) is 0.412. The van der Waals surface area contributed by atoms with Gasteiger partial charge >= 0.3 is 0 Å². The van der Waals surface area contributed by atoms with Crippen LogP contribution in [0.2, 0.25) is 0 Å². The molecule has 1 aliphatic rings. The molecule has 2 aromatic carbocycles. The smallest absolute Gasteiger partial charge is 0.243 e. The van der Waals surface area contributed by atoms with E-state index < -0.39 is 83.8 Å². The van der Waals surface area contributed by atoms with Gasteiger partial charge in [0, 0.05) is 37.2 Å². The van der Waals surface area contributed by atoms with E-state index in [1.54, 1.807) is 42.5 Å². The molecule has 1 saturated heterocycles. The normalized spacial score (nSPS) is 22.8. The van der Waals surface area contributed by atoms with E-state index in [0.29, 0.717) is 11.1 Å². The summed E-state index contributed by atoms with van der Waals surface area (Å²) in [7, 11) is 2.45. The van der Waals surface area contributed by atoms with Gasteiger partial charge in [-0.2, -0.15) is 0 Å². The first kappa shape index (κ1) is 41.3. The first-order chi connectivity index (χ1) is 24.7. The predicted octanol–water partition coefficient (Wildman–Crippen LogP) is -0.884. The molecule has 18 heteroatoms. The molecule has 2 aromatic rings. The van der Waals surface area contributed by atoms with Gasteiger partial charge < -0.3 is 43.2 Å². The molecule has 1 fully saturated rings. The Bertz CT molecular complexity index is 1610. The van der Waals surface area contributed by atoms with Gasteiger partial charge in [-0.1, -0.05) is 64.1 Å². The summed E-state index contributed by atoms with van der Waals surface area (Å²) >= 11 is 0. The number of hydrogen-bond donors (Lipinski definition) is 8. The highest BCUT2D eigenvalue weighted by molar-refractivity contribution is 8.76. The average molecular weight is 758 g/mol. The van der Waals surface area contributed by atoms with Crippen LogP contribution < -0.4 is 38.1 Å². The van der Waals surface area contributed by atoms with Gasteiger partial charge in [0.25, 0.3) is 0 Å². The number of carbonyl (C=O) groups is 8. The maximum atomic E-state index is 13.9. The fourth-order valence-electron chi connectivity index (χ4n) is 5.03. The van der Waals surface area contributed by atoms with E-state index >= 15 is 0 Å². The van der Waals surface area contributed by atoms with Gasteiger partial charge in [-0.3, -0.25) is 38.4 Å². The Hall–Kier alpha value is -5.10. The summed E-state index contributed by atoms with van der Waals surface area (Å²) in [5.74, 6) is -5.66. The van der Waals surface area contributed by atoms with E-state index in [0.717, 1.165) is 0 Å². The SMILES string of the molecule is CC(=O)[C@@H]1CSSCCC(=O)N[C@@H](Cc2ccc(O)cc2)C(=O)N[C@@H](Cc2ccccc2)C(=O)N[C@@H](CCC(N)=O)C(=O)N[C@@H](CC(N)=O)C(=O)N1. The van der Waals surface area contributed by atoms with Crippen LogP contribution in [0.25, 0.3) is 0 Å². The molecule has 5 atom stereocenters. The van der Waals surface area contributed by atoms with Gasteiger partial charge in [0.05, 0.1) is 12.5 Å². The lowest BCUT2D eigenvalue weighted by atomic mass is 10.0. The van der Waals surface area contributed by atoms with Crippen LogP contribution in [0.3, 0.4) is 0 Å². The summed E-state index contributed by atoms with van der Waals surface area (Å²) < 4.78 is 0. The number of phenols is 1. The third-order valence-electron chi connectivity index (χ3n) is 7.83. The Balaban J connectivity index is 2.02. The highest BCUT2D eigenvalue weighted by atomic mass is 33.1. The minimum Gasteiger partial charge on any atom is -0.508 e. The van der Waals surface area contributed by atoms with E-state index in [4.69, 9.17) is 11.5 Å². The molecule has 0 saturated carbocycles. The highest BCUT2D eigenvalue weighted by Crippen LogP contribution is 2.23. The van der Waals surface area contributed by atoms with Gasteiger partial charge in [-0.25, -0.2) is 0 Å². The predicted molar refractivity (Wildman–Crippen MR) is 194 cm³/mol. The minimum absolute atomic E-state index is 0.00427. The van der Waals surface area contributed by atoms with E-state index in [9.17, 15) is 43.5 Å². The van der Waals surface area contributed by atoms with Crippen molar-refractivity contribution in [2.75, 3.05) is 11.5 Å². The van der Waals surface area contributed by atoms with Crippen molar-refractivity contribution in [3.8, 4) is 5.75 Å². The van der Waals surface area contributed by atoms with Crippen molar-refractivity contribution in [2.24, 2.45) is 11.5 Å². The van der Waals surface area contributed by atoms with Crippen molar-refractivity contribution in [1.82, 2.24) is 26.6 Å². The van der Waals surface area contributed by atoms with Crippen LogP contribution in [0.1, 0.15) is 43.7 Å². The first-order valence-corrected chi connectivity index (χ1v) is 18.8. The highest BCUT2D eigenvalue weighted by Gasteiger charge is 2.33. The molecule has 0 bridgehead atoms. The van der Waals surface area contributed by atoms with Crippen LogP contribution in [0.5, 0.6) is 5.75 Å². The van der Waals surface area contributed by atoms with Gasteiger partial charge in [-0.05, 0) is 36.6 Å². The number of carbonyl (C=O) groups excluding carboxylic acids is 8. The molecule has 7 amide bonds. The molecule has 1 heterocycles. The number of benzene rings is 2. The summed E-state index contributed by atoms with van der Waals surface area (Å²) in [6.07, 6.45) is -1.38. The molecule has 0 unspecified atom stereocenters. The standard InChI is InChI=1S/C34H43N7O9S2/c1-19(42)27-18-52-51-14-13-30(46)37-24(16-21-7-9-22(43)10-8-21)32(48)39-25(15-20-5-3-2-4-6-20)33(49)38-23(11-12-28(35)44)31(47)40-26(17-29(36)45)34(50)41-27/h2-10,23-27,43H,11-18H2,1H3,(H2,35,44)(H2,36,45)(H,37,46)(H,38,49)(H,39,48)(H,40,47)(H,41,50)/t23-,24-,25-,26-,27-/m0/s1. The Labute approximate surface area is 308 Å². The Kier molecular flexibility index (Phi) is 16.4. The molecular weight excluding hydrogens is 715 g/mol. The molecular formula is C34H43N7O9S2. The minimum atomic E-state index is -1.55. The largest absolute Gasteiger partial charge is 0.508 e. The molecule has 1 aliphatic heterocycles. The molecule has 16 nitrogen and oxygen atoms in total. The van der Waals surface area contributed by atoms with Crippen LogP contribution in [0, 0.1) is 0 Å². The van der Waals surface area contributed by atoms with Gasteiger partial charge in [0.15, 0.2) is 5.78 Å². The van der Waals surface area contributed by atoms with Crippen LogP contribution >= 0.6 is 21.6 Å². The Morgan fingerprint density at radius 3 is 1.83 bits per heavy atom. The molecule has 52 heavy (non-hydrogen) atoms. The topological polar surface area (TPSA) is 269 Å². The van der Waals surface area contributed by atoms with E-state index in [2.05, 4.69) is 26.6 Å². The maximum absolute atomic E-state index is 13.9. The zero-order chi connectivity index (χ0) is 38.2. The van der Waals surface area contributed by atoms with Crippen molar-refractivity contribution >= 4 is 68.7 Å². The maximum Gasteiger partial charge on any atom is 0.243 e. The number of Topliss-reactive ketones (excluding diaryl/α,β-unsaturated/α-hetero) is 1. The summed E-state index contributed by atoms with van der Waals surface area (Å²) in [4.78, 5) is 104. The molecule has 0 aliphatic carbocycles. The first-order valence-electron chi connectivity index (χ1n) is 16.4. The molecule has 0 aromatic heterocycles. The van der Waals surface area contributed by atoms with Gasteiger partial charge in [0.2, 0.25) is 41.4 Å². The van der Waals surface area contributed by atoms with Crippen molar-refractivity contribution in [1.29, 1.82) is 0 Å². The Morgan fingerprint density at radius 1 is 0.692 bits per heavy atom. The van der Waals surface area contributed by atoms with E-state index in [1.165, 1.54) is 40.6 Å². The number of primary amides is 2. The number of nitrogens with two attached hydrogens (primary N) is 2. The number of hydrogen-bond acceptors (Lipinski definition) is 11. The quantitative estimate of drug-likeness (QED) is 0.138. The number of nitrogens with one attached hydrogen (secondary N) is 5. The zero-order valence-corrected chi connectivity index (χ0v) is 30.1. The molecule has 0 spiro atoms. The van der Waals surface area contributed by atoms with Gasteiger partial charge in [0.1, 0.15) is 29.9 Å². The Morgan fingerprint density at radius 2 is 1.23 bits per heavy atom. The molecule has 3 rings (SSSR count). The fourth-order valence-corrected chi connectivity index (χ4v) is 7.27. The lowest BCUT2D eigenvalue weighted by Gasteiger charge is -2.27. The van der Waals surface area contributed by atoms with Crippen LogP contribution in [0.15, 0.2) is 54.6 Å². The molecule has 10 N–H and O–H groups in total. The summed E-state index contributed by atoms with van der Waals surface area (Å²) in [6.45, 7) is 1.25. The second-order valence-corrected chi connectivity index (χ2v) is 14.7. The number of ketones is 1. The monoisotopic (exact) mass is 757 g/mol. The summed E-state index contributed by atoms with van der Waals surface area (Å²) in [5, 5.41) is 22.6. The zero-order valence-electron chi connectivity index (χ0n) is 28.4. The van der Waals surface area contributed by atoms with E-state index in [-0.39, 0.29) is 49.4 Å². The van der Waals surface area contributed by atoms with Crippen molar-refractivity contribution < 1.29 is 43.5 Å². The van der Waals surface area contributed by atoms with Crippen molar-refractivity contribution in [2.45, 2.75) is 75.7 Å². The van der Waals surface area contributed by atoms with Crippen LogP contribution in [0.4, 0.5) is 0 Å². The number of phenolic OH excluding ortho intramolecular Hbond substituents is 1. The average Bonchev–Trinajstić information content (AvgIpc) is 3.08. The summed E-state index contributed by atoms with van der Waals surface area (Å²) in [5.41, 5.74) is 11.9. The second-order valence-electron chi connectivity index (χ2n) is 12.1. The molecule has 0 radical (unpaired) electrons. The van der Waals surface area contributed by atoms with Crippen LogP contribution in [-0.2, 0) is 51.2 Å².